The Hall–Kier alpha value is -1.11. The number of nitrogens with one attached hydrogen (secondary N) is 1. The van der Waals surface area contributed by atoms with Crippen molar-refractivity contribution in [3.63, 3.8) is 0 Å². The van der Waals surface area contributed by atoms with Gasteiger partial charge < -0.3 is 20.5 Å². The summed E-state index contributed by atoms with van der Waals surface area (Å²) in [6, 6.07) is 5.78. The van der Waals surface area contributed by atoms with E-state index in [-0.39, 0.29) is 18.6 Å². The number of rotatable bonds is 8. The number of hydrogen-bond acceptors (Lipinski definition) is 4. The van der Waals surface area contributed by atoms with Gasteiger partial charge in [-0.2, -0.15) is 0 Å². The highest BCUT2D eigenvalue weighted by Crippen LogP contribution is 2.29. The number of carbonyl (C=O) groups excluding carboxylic acids is 1. The number of methoxy groups -OCH3 is 1. The van der Waals surface area contributed by atoms with Crippen LogP contribution in [0.15, 0.2) is 22.7 Å². The molecule has 0 fully saturated rings. The van der Waals surface area contributed by atoms with Gasteiger partial charge in [0.1, 0.15) is 5.75 Å². The summed E-state index contributed by atoms with van der Waals surface area (Å²) in [4.78, 5) is 11.6. The van der Waals surface area contributed by atoms with E-state index < -0.39 is 0 Å². The van der Waals surface area contributed by atoms with Crippen molar-refractivity contribution in [3.8, 4) is 5.75 Å². The largest absolute Gasteiger partial charge is 0.482 e. The molecule has 0 heterocycles. The van der Waals surface area contributed by atoms with Crippen LogP contribution >= 0.6 is 15.9 Å². The Bertz CT molecular complexity index is 438. The number of nitrogens with two attached hydrogens (primary N) is 1. The molecule has 1 aromatic carbocycles. The van der Waals surface area contributed by atoms with Gasteiger partial charge in [-0.1, -0.05) is 12.1 Å². The number of hydrogen-bond donors (Lipinski definition) is 2. The minimum absolute atomic E-state index is 0.0295. The molecule has 1 amide bonds. The molecule has 0 aliphatic rings. The molecule has 0 saturated carbocycles. The average Bonchev–Trinajstić information content (AvgIpc) is 2.37. The van der Waals surface area contributed by atoms with Gasteiger partial charge in [0.2, 0.25) is 0 Å². The molecule has 20 heavy (non-hydrogen) atoms. The SMILES string of the molecule is COCCNC(=O)COc1c(Br)cccc1CC(C)N. The van der Waals surface area contributed by atoms with E-state index in [1.54, 1.807) is 7.11 Å². The Kier molecular flexibility index (Phi) is 7.58. The lowest BCUT2D eigenvalue weighted by atomic mass is 10.1. The first kappa shape index (κ1) is 16.9. The molecule has 0 radical (unpaired) electrons. The normalized spacial score (nSPS) is 12.0. The second kappa shape index (κ2) is 8.94. The highest BCUT2D eigenvalue weighted by atomic mass is 79.9. The van der Waals surface area contributed by atoms with Crippen LogP contribution in [0.25, 0.3) is 0 Å². The lowest BCUT2D eigenvalue weighted by Crippen LogP contribution is -2.31. The Morgan fingerprint density at radius 1 is 1.50 bits per heavy atom. The molecule has 6 heteroatoms. The van der Waals surface area contributed by atoms with Gasteiger partial charge in [0, 0.05) is 19.7 Å². The molecule has 0 aromatic heterocycles. The molecule has 3 N–H and O–H groups in total. The third-order valence-electron chi connectivity index (χ3n) is 2.57. The van der Waals surface area contributed by atoms with Crippen LogP contribution in [0.3, 0.4) is 0 Å². The molecule has 112 valence electrons. The second-order valence-corrected chi connectivity index (χ2v) is 5.40. The quantitative estimate of drug-likeness (QED) is 0.700. The zero-order valence-electron chi connectivity index (χ0n) is 11.8. The number of benzene rings is 1. The number of para-hydroxylation sites is 1. The molecule has 1 unspecified atom stereocenters. The topological polar surface area (TPSA) is 73.6 Å². The number of halogens is 1. The maximum Gasteiger partial charge on any atom is 0.258 e. The predicted octanol–water partition coefficient (Wildman–Crippen LogP) is 1.48. The Labute approximate surface area is 127 Å². The molecular weight excluding hydrogens is 324 g/mol. The van der Waals surface area contributed by atoms with Gasteiger partial charge in [0.15, 0.2) is 6.61 Å². The number of amides is 1. The zero-order chi connectivity index (χ0) is 15.0. The van der Waals surface area contributed by atoms with Crippen LogP contribution in [0.5, 0.6) is 5.75 Å². The minimum atomic E-state index is -0.176. The van der Waals surface area contributed by atoms with Crippen LogP contribution in [0, 0.1) is 0 Å². The van der Waals surface area contributed by atoms with E-state index in [1.807, 2.05) is 25.1 Å². The maximum absolute atomic E-state index is 11.6. The van der Waals surface area contributed by atoms with Crippen molar-refractivity contribution < 1.29 is 14.3 Å². The summed E-state index contributed by atoms with van der Waals surface area (Å²) in [5.41, 5.74) is 6.80. The van der Waals surface area contributed by atoms with Crippen LogP contribution in [-0.2, 0) is 16.0 Å². The third-order valence-corrected chi connectivity index (χ3v) is 3.19. The van der Waals surface area contributed by atoms with Gasteiger partial charge in [-0.15, -0.1) is 0 Å². The Morgan fingerprint density at radius 2 is 2.25 bits per heavy atom. The maximum atomic E-state index is 11.6. The van der Waals surface area contributed by atoms with Crippen LogP contribution in [0.4, 0.5) is 0 Å². The third kappa shape index (κ3) is 5.90. The number of ether oxygens (including phenoxy) is 2. The van der Waals surface area contributed by atoms with E-state index in [9.17, 15) is 4.79 Å². The van der Waals surface area contributed by atoms with E-state index in [4.69, 9.17) is 15.2 Å². The van der Waals surface area contributed by atoms with E-state index >= 15 is 0 Å². The molecular formula is C14H21BrN2O3. The van der Waals surface area contributed by atoms with E-state index in [1.165, 1.54) is 0 Å². The summed E-state index contributed by atoms with van der Waals surface area (Å²) in [5.74, 6) is 0.497. The average molecular weight is 345 g/mol. The predicted molar refractivity (Wildman–Crippen MR) is 81.9 cm³/mol. The van der Waals surface area contributed by atoms with Crippen molar-refractivity contribution in [1.29, 1.82) is 0 Å². The van der Waals surface area contributed by atoms with Gasteiger partial charge in [-0.25, -0.2) is 0 Å². The molecule has 1 aromatic rings. The van der Waals surface area contributed by atoms with Crippen molar-refractivity contribution in [2.45, 2.75) is 19.4 Å². The summed E-state index contributed by atoms with van der Waals surface area (Å²) in [7, 11) is 1.59. The first-order valence-corrected chi connectivity index (χ1v) is 7.25. The van der Waals surface area contributed by atoms with Crippen LogP contribution in [0.2, 0.25) is 0 Å². The van der Waals surface area contributed by atoms with Crippen LogP contribution in [-0.4, -0.2) is 38.8 Å². The molecule has 5 nitrogen and oxygen atoms in total. The molecule has 0 saturated heterocycles. The molecule has 1 rings (SSSR count). The highest BCUT2D eigenvalue weighted by molar-refractivity contribution is 9.10. The van der Waals surface area contributed by atoms with E-state index in [0.29, 0.717) is 25.3 Å². The first-order valence-electron chi connectivity index (χ1n) is 6.46. The van der Waals surface area contributed by atoms with Crippen molar-refractivity contribution in [2.75, 3.05) is 26.9 Å². The second-order valence-electron chi connectivity index (χ2n) is 4.54. The van der Waals surface area contributed by atoms with Crippen molar-refractivity contribution in [2.24, 2.45) is 5.73 Å². The Morgan fingerprint density at radius 3 is 2.90 bits per heavy atom. The summed E-state index contributed by atoms with van der Waals surface area (Å²) >= 11 is 3.43. The first-order chi connectivity index (χ1) is 9.54. The van der Waals surface area contributed by atoms with Crippen molar-refractivity contribution in [1.82, 2.24) is 5.32 Å². The summed E-state index contributed by atoms with van der Waals surface area (Å²) < 4.78 is 11.3. The smallest absolute Gasteiger partial charge is 0.258 e. The van der Waals surface area contributed by atoms with E-state index in [0.717, 1.165) is 10.0 Å². The zero-order valence-corrected chi connectivity index (χ0v) is 13.4. The number of carbonyl (C=O) groups is 1. The van der Waals surface area contributed by atoms with Gasteiger partial charge >= 0.3 is 0 Å². The highest BCUT2D eigenvalue weighted by Gasteiger charge is 2.11. The van der Waals surface area contributed by atoms with Gasteiger partial charge in [-0.05, 0) is 40.9 Å². The fourth-order valence-corrected chi connectivity index (χ4v) is 2.23. The lowest BCUT2D eigenvalue weighted by molar-refractivity contribution is -0.123. The Balaban J connectivity index is 2.60. The molecule has 0 aliphatic heterocycles. The van der Waals surface area contributed by atoms with E-state index in [2.05, 4.69) is 21.2 Å². The van der Waals surface area contributed by atoms with Crippen molar-refractivity contribution >= 4 is 21.8 Å². The van der Waals surface area contributed by atoms with Crippen LogP contribution in [0.1, 0.15) is 12.5 Å². The summed E-state index contributed by atoms with van der Waals surface area (Å²) in [6.07, 6.45) is 0.695. The van der Waals surface area contributed by atoms with Gasteiger partial charge in [-0.3, -0.25) is 4.79 Å². The van der Waals surface area contributed by atoms with Crippen LogP contribution < -0.4 is 15.8 Å². The molecule has 0 aliphatic carbocycles. The van der Waals surface area contributed by atoms with Crippen molar-refractivity contribution in [3.05, 3.63) is 28.2 Å². The summed E-state index contributed by atoms with van der Waals surface area (Å²) in [6.45, 7) is 2.86. The van der Waals surface area contributed by atoms with Gasteiger partial charge in [0.05, 0.1) is 11.1 Å². The monoisotopic (exact) mass is 344 g/mol. The molecule has 0 bridgehead atoms. The lowest BCUT2D eigenvalue weighted by Gasteiger charge is -2.14. The molecule has 1 atom stereocenters. The summed E-state index contributed by atoms with van der Waals surface area (Å²) in [5, 5.41) is 2.70. The molecule has 0 spiro atoms. The standard InChI is InChI=1S/C14H21BrN2O3/c1-10(16)8-11-4-3-5-12(15)14(11)20-9-13(18)17-6-7-19-2/h3-5,10H,6-9,16H2,1-2H3,(H,17,18). The van der Waals surface area contributed by atoms with Gasteiger partial charge in [0.25, 0.3) is 5.91 Å². The minimum Gasteiger partial charge on any atom is -0.482 e. The fraction of sp³-hybridized carbons (Fsp3) is 0.500. The fourth-order valence-electron chi connectivity index (χ4n) is 1.70.